The van der Waals surface area contributed by atoms with Crippen LogP contribution >= 0.6 is 0 Å². The third kappa shape index (κ3) is 2.49. The first-order chi connectivity index (χ1) is 9.00. The van der Waals surface area contributed by atoms with Gasteiger partial charge >= 0.3 is 5.97 Å². The van der Waals surface area contributed by atoms with Crippen LogP contribution in [-0.4, -0.2) is 30.2 Å². The zero-order valence-electron chi connectivity index (χ0n) is 10.7. The largest absolute Gasteiger partial charge is 0.477 e. The first-order valence-electron chi connectivity index (χ1n) is 5.73. The maximum atomic E-state index is 12.0. The Labute approximate surface area is 110 Å². The Balaban J connectivity index is 2.51. The molecule has 2 aromatic rings. The summed E-state index contributed by atoms with van der Waals surface area (Å²) in [7, 11) is 3.85. The van der Waals surface area contributed by atoms with Crippen LogP contribution in [0.5, 0.6) is 0 Å². The molecule has 0 unspecified atom stereocenters. The standard InChI is InChI=1S/C14H14N2O3/c1-16(2)10-5-3-9(4-6-10)11-7-15-8-12(13(11)17)14(18)19/h3-8H,1-2H3,(H,15,17)(H,18,19). The number of aromatic amines is 1. The topological polar surface area (TPSA) is 73.4 Å². The number of hydrogen-bond donors (Lipinski definition) is 2. The summed E-state index contributed by atoms with van der Waals surface area (Å²) in [6.07, 6.45) is 2.71. The maximum Gasteiger partial charge on any atom is 0.341 e. The van der Waals surface area contributed by atoms with Gasteiger partial charge in [-0.25, -0.2) is 4.79 Å². The van der Waals surface area contributed by atoms with Gasteiger partial charge in [0.2, 0.25) is 5.43 Å². The van der Waals surface area contributed by atoms with Crippen LogP contribution < -0.4 is 10.3 Å². The number of aromatic nitrogens is 1. The summed E-state index contributed by atoms with van der Waals surface area (Å²) >= 11 is 0. The van der Waals surface area contributed by atoms with E-state index in [4.69, 9.17) is 5.11 Å². The normalized spacial score (nSPS) is 10.2. The Morgan fingerprint density at radius 1 is 1.16 bits per heavy atom. The van der Waals surface area contributed by atoms with Gasteiger partial charge in [-0.2, -0.15) is 0 Å². The quantitative estimate of drug-likeness (QED) is 0.880. The van der Waals surface area contributed by atoms with E-state index >= 15 is 0 Å². The highest BCUT2D eigenvalue weighted by Gasteiger charge is 2.12. The number of aromatic carboxylic acids is 1. The Hall–Kier alpha value is -2.56. The summed E-state index contributed by atoms with van der Waals surface area (Å²) in [6.45, 7) is 0. The summed E-state index contributed by atoms with van der Waals surface area (Å²) in [5, 5.41) is 8.93. The molecule has 5 nitrogen and oxygen atoms in total. The molecule has 2 N–H and O–H groups in total. The van der Waals surface area contributed by atoms with E-state index in [1.165, 1.54) is 12.4 Å². The molecule has 0 bridgehead atoms. The van der Waals surface area contributed by atoms with Gasteiger partial charge in [0.25, 0.3) is 0 Å². The molecule has 98 valence electrons. The highest BCUT2D eigenvalue weighted by atomic mass is 16.4. The number of hydrogen-bond acceptors (Lipinski definition) is 3. The summed E-state index contributed by atoms with van der Waals surface area (Å²) in [4.78, 5) is 27.6. The maximum absolute atomic E-state index is 12.0. The SMILES string of the molecule is CN(C)c1ccc(-c2c[nH]cc(C(=O)O)c2=O)cc1. The highest BCUT2D eigenvalue weighted by molar-refractivity contribution is 5.88. The summed E-state index contributed by atoms with van der Waals surface area (Å²) in [5.74, 6) is -1.23. The predicted octanol–water partition coefficient (Wildman–Crippen LogP) is 1.81. The average molecular weight is 258 g/mol. The van der Waals surface area contributed by atoms with Crippen LogP contribution in [0.15, 0.2) is 41.5 Å². The predicted molar refractivity (Wildman–Crippen MR) is 73.8 cm³/mol. The van der Waals surface area contributed by atoms with Gasteiger partial charge in [-0.3, -0.25) is 4.79 Å². The Bertz CT molecular complexity index is 657. The average Bonchev–Trinajstić information content (AvgIpc) is 2.38. The second-order valence-electron chi connectivity index (χ2n) is 4.36. The number of anilines is 1. The first kappa shape index (κ1) is 12.9. The van der Waals surface area contributed by atoms with Crippen molar-refractivity contribution in [2.75, 3.05) is 19.0 Å². The molecule has 1 aromatic heterocycles. The molecule has 0 aliphatic carbocycles. The molecule has 0 saturated carbocycles. The molecular weight excluding hydrogens is 244 g/mol. The molecule has 1 aromatic carbocycles. The van der Waals surface area contributed by atoms with E-state index in [2.05, 4.69) is 4.98 Å². The molecule has 0 saturated heterocycles. The minimum absolute atomic E-state index is 0.255. The lowest BCUT2D eigenvalue weighted by atomic mass is 10.0. The fraction of sp³-hybridized carbons (Fsp3) is 0.143. The number of nitrogens with zero attached hydrogens (tertiary/aromatic N) is 1. The molecule has 5 heteroatoms. The van der Waals surface area contributed by atoms with Gasteiger partial charge in [-0.05, 0) is 17.7 Å². The minimum Gasteiger partial charge on any atom is -0.477 e. The summed E-state index contributed by atoms with van der Waals surface area (Å²) in [5.41, 5.74) is 1.31. The lowest BCUT2D eigenvalue weighted by molar-refractivity contribution is 0.0695. The third-order valence-electron chi connectivity index (χ3n) is 2.87. The number of carboxylic acid groups (broad SMARTS) is 1. The third-order valence-corrected chi connectivity index (χ3v) is 2.87. The van der Waals surface area contributed by atoms with Crippen LogP contribution in [0.1, 0.15) is 10.4 Å². The van der Waals surface area contributed by atoms with Crippen molar-refractivity contribution in [3.05, 3.63) is 52.4 Å². The van der Waals surface area contributed by atoms with Gasteiger partial charge in [0.1, 0.15) is 5.56 Å². The van der Waals surface area contributed by atoms with Crippen LogP contribution in [0.3, 0.4) is 0 Å². The van der Waals surface area contributed by atoms with Crippen molar-refractivity contribution in [3.8, 4) is 11.1 Å². The molecule has 0 spiro atoms. The van der Waals surface area contributed by atoms with Gasteiger partial charge in [0, 0.05) is 37.7 Å². The van der Waals surface area contributed by atoms with Crippen LogP contribution in [-0.2, 0) is 0 Å². The summed E-state index contributed by atoms with van der Waals surface area (Å²) in [6, 6.07) is 7.35. The fourth-order valence-electron chi connectivity index (χ4n) is 1.80. The molecule has 0 radical (unpaired) electrons. The number of nitrogens with one attached hydrogen (secondary N) is 1. The van der Waals surface area contributed by atoms with Crippen molar-refractivity contribution in [2.24, 2.45) is 0 Å². The van der Waals surface area contributed by atoms with E-state index in [9.17, 15) is 9.59 Å². The van der Waals surface area contributed by atoms with E-state index < -0.39 is 11.4 Å². The van der Waals surface area contributed by atoms with Crippen LogP contribution in [0, 0.1) is 0 Å². The molecule has 0 amide bonds. The number of benzene rings is 1. The lowest BCUT2D eigenvalue weighted by Gasteiger charge is -2.12. The molecule has 2 rings (SSSR count). The van der Waals surface area contributed by atoms with Crippen molar-refractivity contribution in [2.45, 2.75) is 0 Å². The first-order valence-corrected chi connectivity index (χ1v) is 5.73. The van der Waals surface area contributed by atoms with Gasteiger partial charge in [0.05, 0.1) is 0 Å². The molecule has 0 aliphatic rings. The van der Waals surface area contributed by atoms with Crippen LogP contribution in [0.2, 0.25) is 0 Å². The second kappa shape index (κ2) is 4.97. The van der Waals surface area contributed by atoms with Gasteiger partial charge in [-0.1, -0.05) is 12.1 Å². The molecule has 0 fully saturated rings. The monoisotopic (exact) mass is 258 g/mol. The number of pyridine rings is 1. The highest BCUT2D eigenvalue weighted by Crippen LogP contribution is 2.19. The Kier molecular flexibility index (Phi) is 3.37. The summed E-state index contributed by atoms with van der Waals surface area (Å²) < 4.78 is 0. The molecule has 1 heterocycles. The molecule has 0 aliphatic heterocycles. The van der Waals surface area contributed by atoms with Gasteiger partial charge < -0.3 is 15.0 Å². The minimum atomic E-state index is -1.23. The number of H-pyrrole nitrogens is 1. The van der Waals surface area contributed by atoms with E-state index in [0.717, 1.165) is 5.69 Å². The van der Waals surface area contributed by atoms with Gasteiger partial charge in [-0.15, -0.1) is 0 Å². The van der Waals surface area contributed by atoms with E-state index in [-0.39, 0.29) is 5.56 Å². The fourth-order valence-corrected chi connectivity index (χ4v) is 1.80. The number of carboxylic acids is 1. The smallest absolute Gasteiger partial charge is 0.341 e. The molecule has 0 atom stereocenters. The van der Waals surface area contributed by atoms with E-state index in [1.54, 1.807) is 12.1 Å². The van der Waals surface area contributed by atoms with Crippen molar-refractivity contribution < 1.29 is 9.90 Å². The van der Waals surface area contributed by atoms with E-state index in [1.807, 2.05) is 31.1 Å². The second-order valence-corrected chi connectivity index (χ2v) is 4.36. The van der Waals surface area contributed by atoms with Crippen LogP contribution in [0.25, 0.3) is 11.1 Å². The molecule has 19 heavy (non-hydrogen) atoms. The zero-order valence-corrected chi connectivity index (χ0v) is 10.7. The number of carbonyl (C=O) groups is 1. The van der Waals surface area contributed by atoms with Crippen molar-refractivity contribution in [1.29, 1.82) is 0 Å². The Morgan fingerprint density at radius 3 is 2.32 bits per heavy atom. The van der Waals surface area contributed by atoms with Crippen molar-refractivity contribution in [1.82, 2.24) is 4.98 Å². The van der Waals surface area contributed by atoms with Crippen LogP contribution in [0.4, 0.5) is 5.69 Å². The van der Waals surface area contributed by atoms with E-state index in [0.29, 0.717) is 11.1 Å². The molecular formula is C14H14N2O3. The zero-order chi connectivity index (χ0) is 14.0. The van der Waals surface area contributed by atoms with Crippen molar-refractivity contribution in [3.63, 3.8) is 0 Å². The van der Waals surface area contributed by atoms with Crippen molar-refractivity contribution >= 4 is 11.7 Å². The number of rotatable bonds is 3. The lowest BCUT2D eigenvalue weighted by Crippen LogP contribution is -2.16. The van der Waals surface area contributed by atoms with Gasteiger partial charge in [0.15, 0.2) is 0 Å². The Morgan fingerprint density at radius 2 is 1.79 bits per heavy atom.